The van der Waals surface area contributed by atoms with Crippen molar-refractivity contribution in [3.05, 3.63) is 80.2 Å². The number of ether oxygens (including phenoxy) is 1. The van der Waals surface area contributed by atoms with E-state index in [1.165, 1.54) is 16.2 Å². The third kappa shape index (κ3) is 6.06. The third-order valence-corrected chi connectivity index (χ3v) is 7.35. The van der Waals surface area contributed by atoms with Crippen LogP contribution in [0.2, 0.25) is 0 Å². The van der Waals surface area contributed by atoms with Gasteiger partial charge in [-0.15, -0.1) is 22.7 Å². The number of amides is 2. The summed E-state index contributed by atoms with van der Waals surface area (Å²) in [7, 11) is 0. The van der Waals surface area contributed by atoms with E-state index in [0.29, 0.717) is 24.5 Å². The zero-order chi connectivity index (χ0) is 22.3. The second kappa shape index (κ2) is 10.9. The second-order valence-corrected chi connectivity index (χ2v) is 10.4. The van der Waals surface area contributed by atoms with E-state index in [2.05, 4.69) is 19.1 Å². The normalized spacial score (nSPS) is 15.6. The first-order valence-corrected chi connectivity index (χ1v) is 12.6. The fourth-order valence-electron chi connectivity index (χ4n) is 3.87. The molecule has 5 nitrogen and oxygen atoms in total. The predicted octanol–water partition coefficient (Wildman–Crippen LogP) is 4.97. The van der Waals surface area contributed by atoms with Gasteiger partial charge in [0.15, 0.2) is 0 Å². The van der Waals surface area contributed by atoms with E-state index in [-0.39, 0.29) is 24.5 Å². The van der Waals surface area contributed by atoms with Crippen molar-refractivity contribution in [1.29, 1.82) is 0 Å². The molecule has 3 aromatic rings. The van der Waals surface area contributed by atoms with Crippen LogP contribution in [-0.4, -0.2) is 47.4 Å². The Bertz CT molecular complexity index is 1010. The standard InChI is InChI=1S/C25H28N2O3S2/c1-19-11-12-22(32-19)17-26(15-20-7-3-2-4-8-20)24(28)18-27(16-21-9-5-13-30-21)25(29)23-10-6-14-31-23/h2-4,6-8,10-12,14,21H,5,9,13,15-18H2,1H3. The number of hydrogen-bond donors (Lipinski definition) is 0. The van der Waals surface area contributed by atoms with Gasteiger partial charge in [0.2, 0.25) is 5.91 Å². The van der Waals surface area contributed by atoms with Gasteiger partial charge < -0.3 is 14.5 Å². The lowest BCUT2D eigenvalue weighted by atomic mass is 10.2. The Morgan fingerprint density at radius 2 is 1.88 bits per heavy atom. The molecule has 0 saturated carbocycles. The lowest BCUT2D eigenvalue weighted by molar-refractivity contribution is -0.133. The molecule has 32 heavy (non-hydrogen) atoms. The molecule has 1 fully saturated rings. The van der Waals surface area contributed by atoms with E-state index >= 15 is 0 Å². The maximum atomic E-state index is 13.5. The Kier molecular flexibility index (Phi) is 7.73. The van der Waals surface area contributed by atoms with Crippen molar-refractivity contribution in [2.45, 2.75) is 39.0 Å². The van der Waals surface area contributed by atoms with Crippen LogP contribution in [0.1, 0.15) is 37.8 Å². The Morgan fingerprint density at radius 3 is 2.53 bits per heavy atom. The van der Waals surface area contributed by atoms with Crippen LogP contribution in [0, 0.1) is 6.92 Å². The van der Waals surface area contributed by atoms with Gasteiger partial charge in [0, 0.05) is 29.5 Å². The molecule has 168 valence electrons. The van der Waals surface area contributed by atoms with Crippen LogP contribution in [0.4, 0.5) is 0 Å². The summed E-state index contributed by atoms with van der Waals surface area (Å²) in [4.78, 5) is 33.2. The van der Waals surface area contributed by atoms with E-state index in [0.717, 1.165) is 29.9 Å². The van der Waals surface area contributed by atoms with E-state index in [1.807, 2.05) is 52.7 Å². The highest BCUT2D eigenvalue weighted by atomic mass is 32.1. The van der Waals surface area contributed by atoms with Gasteiger partial charge in [-0.3, -0.25) is 9.59 Å². The summed E-state index contributed by atoms with van der Waals surface area (Å²) in [6.07, 6.45) is 1.91. The smallest absolute Gasteiger partial charge is 0.264 e. The van der Waals surface area contributed by atoms with Crippen molar-refractivity contribution in [3.63, 3.8) is 0 Å². The van der Waals surface area contributed by atoms with Gasteiger partial charge in [-0.25, -0.2) is 0 Å². The van der Waals surface area contributed by atoms with E-state index in [9.17, 15) is 9.59 Å². The van der Waals surface area contributed by atoms with Crippen LogP contribution in [-0.2, 0) is 22.6 Å². The minimum atomic E-state index is -0.101. The molecule has 0 aliphatic carbocycles. The zero-order valence-electron chi connectivity index (χ0n) is 18.2. The quantitative estimate of drug-likeness (QED) is 0.446. The number of nitrogens with zero attached hydrogens (tertiary/aromatic N) is 2. The minimum absolute atomic E-state index is 0.00534. The van der Waals surface area contributed by atoms with Crippen LogP contribution in [0.5, 0.6) is 0 Å². The van der Waals surface area contributed by atoms with Gasteiger partial charge >= 0.3 is 0 Å². The zero-order valence-corrected chi connectivity index (χ0v) is 19.9. The molecule has 0 spiro atoms. The summed E-state index contributed by atoms with van der Waals surface area (Å²) >= 11 is 3.11. The molecule has 1 unspecified atom stereocenters. The first-order valence-electron chi connectivity index (χ1n) is 10.9. The fraction of sp³-hybridized carbons (Fsp3) is 0.360. The SMILES string of the molecule is Cc1ccc(CN(Cc2ccccc2)C(=O)CN(CC2CCCO2)C(=O)c2cccs2)s1. The molecule has 1 aliphatic heterocycles. The molecule has 1 aliphatic rings. The molecule has 1 aromatic carbocycles. The lowest BCUT2D eigenvalue weighted by Crippen LogP contribution is -2.45. The van der Waals surface area contributed by atoms with E-state index in [1.54, 1.807) is 16.2 Å². The van der Waals surface area contributed by atoms with Crippen molar-refractivity contribution in [2.75, 3.05) is 19.7 Å². The largest absolute Gasteiger partial charge is 0.376 e. The average Bonchev–Trinajstić information content (AvgIpc) is 3.57. The highest BCUT2D eigenvalue weighted by Crippen LogP contribution is 2.21. The molecule has 2 aromatic heterocycles. The third-order valence-electron chi connectivity index (χ3n) is 5.50. The molecule has 1 atom stereocenters. The van der Waals surface area contributed by atoms with Gasteiger partial charge in [-0.1, -0.05) is 36.4 Å². The van der Waals surface area contributed by atoms with Gasteiger partial charge in [-0.2, -0.15) is 0 Å². The highest BCUT2D eigenvalue weighted by Gasteiger charge is 2.27. The first-order chi connectivity index (χ1) is 15.6. The van der Waals surface area contributed by atoms with Crippen molar-refractivity contribution >= 4 is 34.5 Å². The molecule has 0 radical (unpaired) electrons. The lowest BCUT2D eigenvalue weighted by Gasteiger charge is -2.29. The van der Waals surface area contributed by atoms with Gasteiger partial charge in [0.05, 0.1) is 17.5 Å². The summed E-state index contributed by atoms with van der Waals surface area (Å²) < 4.78 is 5.77. The topological polar surface area (TPSA) is 49.9 Å². The number of thiophene rings is 2. The van der Waals surface area contributed by atoms with Crippen LogP contribution in [0.15, 0.2) is 60.0 Å². The van der Waals surface area contributed by atoms with Crippen LogP contribution < -0.4 is 0 Å². The van der Waals surface area contributed by atoms with E-state index in [4.69, 9.17) is 4.74 Å². The molecule has 1 saturated heterocycles. The maximum Gasteiger partial charge on any atom is 0.264 e. The van der Waals surface area contributed by atoms with Crippen molar-refractivity contribution in [1.82, 2.24) is 9.80 Å². The summed E-state index contributed by atoms with van der Waals surface area (Å²) in [6.45, 7) is 4.33. The fourth-order valence-corrected chi connectivity index (χ4v) is 5.46. The second-order valence-electron chi connectivity index (χ2n) is 8.05. The average molecular weight is 469 g/mol. The maximum absolute atomic E-state index is 13.5. The summed E-state index contributed by atoms with van der Waals surface area (Å²) in [6, 6.07) is 17.8. The molecule has 4 rings (SSSR count). The highest BCUT2D eigenvalue weighted by molar-refractivity contribution is 7.12. The number of carbonyl (C=O) groups excluding carboxylic acids is 2. The minimum Gasteiger partial charge on any atom is -0.376 e. The van der Waals surface area contributed by atoms with E-state index < -0.39 is 0 Å². The van der Waals surface area contributed by atoms with Crippen molar-refractivity contribution in [2.24, 2.45) is 0 Å². The van der Waals surface area contributed by atoms with Gasteiger partial charge in [0.1, 0.15) is 6.54 Å². The Morgan fingerprint density at radius 1 is 1.03 bits per heavy atom. The molecule has 2 amide bonds. The first kappa shape index (κ1) is 22.7. The Labute approximate surface area is 197 Å². The Balaban J connectivity index is 1.52. The molecule has 0 bridgehead atoms. The number of carbonyl (C=O) groups is 2. The molecule has 0 N–H and O–H groups in total. The number of hydrogen-bond acceptors (Lipinski definition) is 5. The van der Waals surface area contributed by atoms with Crippen LogP contribution in [0.25, 0.3) is 0 Å². The predicted molar refractivity (Wildman–Crippen MR) is 129 cm³/mol. The number of aryl methyl sites for hydroxylation is 1. The molecule has 7 heteroatoms. The van der Waals surface area contributed by atoms with Crippen molar-refractivity contribution < 1.29 is 14.3 Å². The summed E-state index contributed by atoms with van der Waals surface area (Å²) in [5.41, 5.74) is 1.07. The summed E-state index contributed by atoms with van der Waals surface area (Å²) in [5, 5.41) is 1.89. The summed E-state index contributed by atoms with van der Waals surface area (Å²) in [5.74, 6) is -0.154. The van der Waals surface area contributed by atoms with Crippen LogP contribution in [0.3, 0.4) is 0 Å². The molecular formula is C25H28N2O3S2. The number of rotatable bonds is 9. The Hall–Kier alpha value is -2.48. The monoisotopic (exact) mass is 468 g/mol. The molecule has 3 heterocycles. The van der Waals surface area contributed by atoms with Gasteiger partial charge in [0.25, 0.3) is 5.91 Å². The van der Waals surface area contributed by atoms with Crippen LogP contribution >= 0.6 is 22.7 Å². The number of benzene rings is 1. The van der Waals surface area contributed by atoms with Crippen molar-refractivity contribution in [3.8, 4) is 0 Å². The van der Waals surface area contributed by atoms with Gasteiger partial charge in [-0.05, 0) is 48.9 Å². The molecular weight excluding hydrogens is 440 g/mol.